The van der Waals surface area contributed by atoms with Crippen molar-refractivity contribution in [1.82, 2.24) is 0 Å². The highest BCUT2D eigenvalue weighted by Gasteiger charge is 2.49. The maximum absolute atomic E-state index is 12.8. The van der Waals surface area contributed by atoms with Gasteiger partial charge in [-0.15, -0.1) is 0 Å². The minimum Gasteiger partial charge on any atom is -0.502 e. The number of aromatic hydroxyl groups is 1. The third-order valence-electron chi connectivity index (χ3n) is 12.8. The molecular formula is C43H50N2O10+2. The zero-order valence-corrected chi connectivity index (χ0v) is 32.4. The van der Waals surface area contributed by atoms with Gasteiger partial charge in [-0.3, -0.25) is 0 Å². The highest BCUT2D eigenvalue weighted by molar-refractivity contribution is 5.72. The summed E-state index contributed by atoms with van der Waals surface area (Å²) in [5.74, 6) is 0.775. The minimum atomic E-state index is -0.938. The SMILES string of the molecule is COc1ccc2cc1Oc1ccc(cc1)CC1c3cc(c(OC)cc3CC[N+]1(C)C(C)C(=O)O)Oc1c(O)c(OC)cc3c1C(C2)[N+](C)(C(C)C(=O)O)CC3. The predicted molar refractivity (Wildman–Crippen MR) is 204 cm³/mol. The van der Waals surface area contributed by atoms with Gasteiger partial charge in [0.05, 0.1) is 54.1 Å². The van der Waals surface area contributed by atoms with E-state index in [1.54, 1.807) is 28.1 Å². The molecule has 0 radical (unpaired) electrons. The van der Waals surface area contributed by atoms with Crippen molar-refractivity contribution in [3.05, 3.63) is 94.0 Å². The molecule has 3 N–H and O–H groups in total. The molecule has 4 heterocycles. The molecule has 8 rings (SSSR count). The molecule has 0 spiro atoms. The van der Waals surface area contributed by atoms with E-state index >= 15 is 0 Å². The smallest absolute Gasteiger partial charge is 0.362 e. The van der Waals surface area contributed by atoms with Crippen molar-refractivity contribution in [2.24, 2.45) is 0 Å². The number of carboxylic acids is 2. The van der Waals surface area contributed by atoms with Gasteiger partial charge in [0.1, 0.15) is 17.8 Å². The van der Waals surface area contributed by atoms with Crippen LogP contribution in [0.4, 0.5) is 0 Å². The number of fused-ring (bicyclic) bond motifs is 2. The summed E-state index contributed by atoms with van der Waals surface area (Å²) in [6.45, 7) is 4.57. The maximum Gasteiger partial charge on any atom is 0.362 e. The van der Waals surface area contributed by atoms with Gasteiger partial charge in [0.25, 0.3) is 0 Å². The topological polar surface area (TPSA) is 141 Å². The lowest BCUT2D eigenvalue weighted by Gasteiger charge is -2.48. The zero-order valence-electron chi connectivity index (χ0n) is 32.4. The first-order valence-corrected chi connectivity index (χ1v) is 18.6. The average molecular weight is 755 g/mol. The summed E-state index contributed by atoms with van der Waals surface area (Å²) in [5.41, 5.74) is 5.36. The second-order valence-corrected chi connectivity index (χ2v) is 15.5. The van der Waals surface area contributed by atoms with E-state index in [1.165, 1.54) is 7.11 Å². The maximum atomic E-state index is 12.8. The fourth-order valence-electron chi connectivity index (χ4n) is 8.92. The molecule has 0 saturated heterocycles. The lowest BCUT2D eigenvalue weighted by Crippen LogP contribution is -2.59. The number of phenols is 1. The van der Waals surface area contributed by atoms with E-state index in [9.17, 15) is 24.9 Å². The number of hydrogen-bond acceptors (Lipinski definition) is 8. The molecule has 0 saturated carbocycles. The number of aliphatic carboxylic acids is 2. The first-order valence-electron chi connectivity index (χ1n) is 18.6. The Morgan fingerprint density at radius 1 is 0.691 bits per heavy atom. The summed E-state index contributed by atoms with van der Waals surface area (Å²) in [4.78, 5) is 25.4. The van der Waals surface area contributed by atoms with Gasteiger partial charge in [-0.05, 0) is 78.6 Å². The fourth-order valence-corrected chi connectivity index (χ4v) is 8.92. The molecule has 12 nitrogen and oxygen atoms in total. The van der Waals surface area contributed by atoms with Gasteiger partial charge >= 0.3 is 11.9 Å². The van der Waals surface area contributed by atoms with Crippen LogP contribution < -0.4 is 23.7 Å². The van der Waals surface area contributed by atoms with Crippen LogP contribution in [-0.4, -0.2) is 96.8 Å². The van der Waals surface area contributed by atoms with E-state index in [4.69, 9.17) is 23.7 Å². The highest BCUT2D eigenvalue weighted by Crippen LogP contribution is 2.54. The lowest BCUT2D eigenvalue weighted by molar-refractivity contribution is -0.954. The molecule has 4 aromatic rings. The van der Waals surface area contributed by atoms with E-state index in [2.05, 4.69) is 0 Å². The molecule has 6 unspecified atom stereocenters. The van der Waals surface area contributed by atoms with Gasteiger partial charge in [0, 0.05) is 31.2 Å². The van der Waals surface area contributed by atoms with Crippen LogP contribution in [0, 0.1) is 0 Å². The molecule has 0 aromatic heterocycles. The average Bonchev–Trinajstić information content (AvgIpc) is 3.17. The van der Waals surface area contributed by atoms with Crippen molar-refractivity contribution in [1.29, 1.82) is 0 Å². The number of carboxylic acid groups (broad SMARTS) is 2. The van der Waals surface area contributed by atoms with E-state index in [-0.39, 0.29) is 32.3 Å². The molecule has 0 aliphatic carbocycles. The van der Waals surface area contributed by atoms with Crippen molar-refractivity contribution in [3.8, 4) is 46.0 Å². The van der Waals surface area contributed by atoms with E-state index < -0.39 is 30.1 Å². The zero-order chi connectivity index (χ0) is 39.4. The number of nitrogens with zero attached hydrogens (tertiary/aromatic N) is 2. The molecule has 4 aromatic carbocycles. The normalized spacial score (nSPS) is 23.8. The summed E-state index contributed by atoms with van der Waals surface area (Å²) in [5, 5.41) is 32.8. The van der Waals surface area contributed by atoms with Crippen LogP contribution in [0.15, 0.2) is 60.7 Å². The van der Waals surface area contributed by atoms with Gasteiger partial charge in [-0.1, -0.05) is 18.2 Å². The molecule has 12 heteroatoms. The fraction of sp³-hybridized carbons (Fsp3) is 0.395. The molecule has 0 fully saturated rings. The van der Waals surface area contributed by atoms with Crippen molar-refractivity contribution >= 4 is 11.9 Å². The second-order valence-electron chi connectivity index (χ2n) is 15.5. The standard InChI is InChI=1S/C43H48N2O10/c1-24(42(47)48)44(3)16-14-28-21-35(52-6)37-23-31(28)32(44)18-26-8-11-30(12-9-26)54-36-20-27(10-13-34(36)51-5)19-33-39-29(15-17-45(33,4)25(2)43(49)50)22-38(53-7)40(46)41(39)55-37/h8-13,20-25,32-33H,14-19H2,1-7H3,(H-2,46,47,48,49,50)/p+2. The summed E-state index contributed by atoms with van der Waals surface area (Å²) in [6, 6.07) is 16.9. The molecular weight excluding hydrogens is 704 g/mol. The molecule has 290 valence electrons. The monoisotopic (exact) mass is 754 g/mol. The third-order valence-corrected chi connectivity index (χ3v) is 12.8. The number of rotatable bonds is 7. The van der Waals surface area contributed by atoms with Gasteiger partial charge in [0.2, 0.25) is 5.75 Å². The first-order chi connectivity index (χ1) is 26.2. The Morgan fingerprint density at radius 2 is 1.24 bits per heavy atom. The van der Waals surface area contributed by atoms with Crippen LogP contribution in [-0.2, 0) is 35.3 Å². The molecule has 6 bridgehead atoms. The van der Waals surface area contributed by atoms with Crippen LogP contribution in [0.3, 0.4) is 0 Å². The van der Waals surface area contributed by atoms with Crippen molar-refractivity contribution in [2.45, 2.75) is 63.7 Å². The Bertz CT molecular complexity index is 2150. The van der Waals surface area contributed by atoms with Crippen molar-refractivity contribution in [2.75, 3.05) is 48.5 Å². The van der Waals surface area contributed by atoms with Crippen LogP contribution in [0.25, 0.3) is 0 Å². The number of quaternary nitrogens is 2. The Morgan fingerprint density at radius 3 is 1.85 bits per heavy atom. The van der Waals surface area contributed by atoms with Gasteiger partial charge in [0.15, 0.2) is 46.6 Å². The highest BCUT2D eigenvalue weighted by atomic mass is 16.5. The number of methoxy groups -OCH3 is 3. The van der Waals surface area contributed by atoms with E-state index in [0.29, 0.717) is 73.1 Å². The molecule has 6 atom stereocenters. The summed E-state index contributed by atoms with van der Waals surface area (Å²) in [6.07, 6.45) is 2.02. The lowest BCUT2D eigenvalue weighted by atomic mass is 9.84. The quantitative estimate of drug-likeness (QED) is 0.172. The molecule has 4 aliphatic rings. The summed E-state index contributed by atoms with van der Waals surface area (Å²) in [7, 11) is 8.57. The molecule has 55 heavy (non-hydrogen) atoms. The number of phenolic OH excluding ortho intramolecular Hbond substituents is 1. The number of benzene rings is 4. The van der Waals surface area contributed by atoms with E-state index in [1.807, 2.05) is 74.8 Å². The minimum absolute atomic E-state index is 0.125. The van der Waals surface area contributed by atoms with Gasteiger partial charge in [-0.25, -0.2) is 9.59 Å². The van der Waals surface area contributed by atoms with Gasteiger partial charge < -0.3 is 48.0 Å². The molecule has 4 aliphatic heterocycles. The van der Waals surface area contributed by atoms with Crippen molar-refractivity contribution in [3.63, 3.8) is 0 Å². The van der Waals surface area contributed by atoms with Gasteiger partial charge in [-0.2, -0.15) is 0 Å². The Hall–Kier alpha value is -5.46. The summed E-state index contributed by atoms with van der Waals surface area (Å²) >= 11 is 0. The van der Waals surface area contributed by atoms with Crippen molar-refractivity contribution < 1.29 is 57.6 Å². The first kappa shape index (κ1) is 37.8. The number of ether oxygens (including phenoxy) is 5. The predicted octanol–water partition coefficient (Wildman–Crippen LogP) is 6.84. The Kier molecular flexibility index (Phi) is 9.85. The number of hydrogen-bond donors (Lipinski definition) is 3. The van der Waals surface area contributed by atoms with Crippen LogP contribution >= 0.6 is 0 Å². The second kappa shape index (κ2) is 14.3. The summed E-state index contributed by atoms with van der Waals surface area (Å²) < 4.78 is 31.1. The van der Waals surface area contributed by atoms with E-state index in [0.717, 1.165) is 27.8 Å². The number of likely N-dealkylation sites (N-methyl/N-ethyl adjacent to an activating group) is 2. The van der Waals surface area contributed by atoms with Crippen LogP contribution in [0.2, 0.25) is 0 Å². The Labute approximate surface area is 321 Å². The third kappa shape index (κ3) is 6.46. The van der Waals surface area contributed by atoms with Crippen LogP contribution in [0.5, 0.6) is 46.0 Å². The Balaban J connectivity index is 1.52. The largest absolute Gasteiger partial charge is 0.502 e. The molecule has 0 amide bonds. The number of carbonyl (C=O) groups is 2. The van der Waals surface area contributed by atoms with Crippen LogP contribution in [0.1, 0.15) is 59.3 Å².